The van der Waals surface area contributed by atoms with Crippen molar-refractivity contribution in [2.24, 2.45) is 0 Å². The van der Waals surface area contributed by atoms with Crippen LogP contribution in [0.1, 0.15) is 35.3 Å². The maximum Gasteiger partial charge on any atom is 0.254 e. The molecule has 0 bridgehead atoms. The summed E-state index contributed by atoms with van der Waals surface area (Å²) in [6.45, 7) is 1.98. The van der Waals surface area contributed by atoms with Crippen molar-refractivity contribution in [2.75, 3.05) is 0 Å². The lowest BCUT2D eigenvalue weighted by atomic mass is 10.0. The van der Waals surface area contributed by atoms with Gasteiger partial charge in [0.25, 0.3) is 5.91 Å². The van der Waals surface area contributed by atoms with Crippen LogP contribution < -0.4 is 5.32 Å². The lowest BCUT2D eigenvalue weighted by Gasteiger charge is -2.18. The van der Waals surface area contributed by atoms with E-state index in [9.17, 15) is 9.18 Å². The van der Waals surface area contributed by atoms with E-state index in [0.29, 0.717) is 4.47 Å². The van der Waals surface area contributed by atoms with Crippen molar-refractivity contribution >= 4 is 37.8 Å². The molecule has 110 valence electrons. The number of carbonyl (C=O) groups is 1. The van der Waals surface area contributed by atoms with Gasteiger partial charge in [-0.05, 0) is 42.3 Å². The fourth-order valence-corrected chi connectivity index (χ4v) is 2.62. The summed E-state index contributed by atoms with van der Waals surface area (Å²) in [6, 6.07) is 12.0. The predicted molar refractivity (Wildman–Crippen MR) is 88.7 cm³/mol. The Kier molecular flexibility index (Phi) is 5.53. The molecule has 0 aromatic heterocycles. The van der Waals surface area contributed by atoms with Crippen LogP contribution in [0.5, 0.6) is 0 Å². The predicted octanol–water partition coefficient (Wildman–Crippen LogP) is 5.23. The van der Waals surface area contributed by atoms with E-state index in [0.717, 1.165) is 16.5 Å². The minimum atomic E-state index is -0.535. The summed E-state index contributed by atoms with van der Waals surface area (Å²) in [5.41, 5.74) is 1.04. The molecule has 0 saturated heterocycles. The van der Waals surface area contributed by atoms with Crippen molar-refractivity contribution in [3.63, 3.8) is 0 Å². The summed E-state index contributed by atoms with van der Waals surface area (Å²) in [7, 11) is 0. The Morgan fingerprint density at radius 2 is 1.76 bits per heavy atom. The van der Waals surface area contributed by atoms with Crippen molar-refractivity contribution in [1.29, 1.82) is 0 Å². The van der Waals surface area contributed by atoms with Gasteiger partial charge in [-0.15, -0.1) is 0 Å². The van der Waals surface area contributed by atoms with Crippen molar-refractivity contribution in [2.45, 2.75) is 19.4 Å². The van der Waals surface area contributed by atoms with Gasteiger partial charge in [-0.2, -0.15) is 0 Å². The Hall–Kier alpha value is -1.20. The number of benzene rings is 2. The number of hydrogen-bond acceptors (Lipinski definition) is 1. The third-order valence-electron chi connectivity index (χ3n) is 3.16. The smallest absolute Gasteiger partial charge is 0.254 e. The zero-order chi connectivity index (χ0) is 15.4. The van der Waals surface area contributed by atoms with E-state index in [1.807, 2.05) is 31.2 Å². The third-order valence-corrected chi connectivity index (χ3v) is 4.18. The first-order chi connectivity index (χ1) is 10.0. The van der Waals surface area contributed by atoms with E-state index >= 15 is 0 Å². The Morgan fingerprint density at radius 1 is 1.14 bits per heavy atom. The molecule has 21 heavy (non-hydrogen) atoms. The Balaban J connectivity index is 2.18. The Labute approximate surface area is 140 Å². The van der Waals surface area contributed by atoms with Crippen LogP contribution in [0.2, 0.25) is 0 Å². The van der Waals surface area contributed by atoms with E-state index in [1.165, 1.54) is 12.1 Å². The summed E-state index contributed by atoms with van der Waals surface area (Å²) < 4.78 is 15.4. The Morgan fingerprint density at radius 3 is 2.33 bits per heavy atom. The molecule has 2 aromatic rings. The van der Waals surface area contributed by atoms with Gasteiger partial charge in [-0.25, -0.2) is 4.39 Å². The average Bonchev–Trinajstić information content (AvgIpc) is 2.45. The van der Waals surface area contributed by atoms with Gasteiger partial charge in [0.05, 0.1) is 11.6 Å². The summed E-state index contributed by atoms with van der Waals surface area (Å²) >= 11 is 6.56. The summed E-state index contributed by atoms with van der Waals surface area (Å²) in [5.74, 6) is -0.942. The molecule has 0 aliphatic rings. The van der Waals surface area contributed by atoms with Crippen LogP contribution in [0.15, 0.2) is 51.4 Å². The molecule has 0 radical (unpaired) electrons. The molecule has 5 heteroatoms. The molecule has 2 nitrogen and oxygen atoms in total. The molecular weight excluding hydrogens is 401 g/mol. The highest BCUT2D eigenvalue weighted by molar-refractivity contribution is 9.10. The van der Waals surface area contributed by atoms with Crippen LogP contribution in [-0.4, -0.2) is 5.91 Å². The second-order valence-corrected chi connectivity index (χ2v) is 6.44. The number of hydrogen-bond donors (Lipinski definition) is 1. The van der Waals surface area contributed by atoms with Gasteiger partial charge in [0.1, 0.15) is 5.82 Å². The molecule has 0 spiro atoms. The molecule has 0 saturated carbocycles. The first-order valence-electron chi connectivity index (χ1n) is 6.52. The van der Waals surface area contributed by atoms with Crippen LogP contribution in [0, 0.1) is 5.82 Å². The second kappa shape index (κ2) is 7.18. The molecule has 2 aromatic carbocycles. The average molecular weight is 415 g/mol. The maximum atomic E-state index is 13.8. The lowest BCUT2D eigenvalue weighted by molar-refractivity contribution is 0.0931. The molecule has 0 fully saturated rings. The molecule has 1 N–H and O–H groups in total. The number of amides is 1. The summed E-state index contributed by atoms with van der Waals surface area (Å²) in [6.07, 6.45) is 0.728. The lowest BCUT2D eigenvalue weighted by Crippen LogP contribution is -2.28. The second-order valence-electron chi connectivity index (χ2n) is 4.61. The number of nitrogens with one attached hydrogen (secondary N) is 1. The van der Waals surface area contributed by atoms with E-state index in [4.69, 9.17) is 0 Å². The van der Waals surface area contributed by atoms with Gasteiger partial charge in [0.2, 0.25) is 0 Å². The standard InChI is InChI=1S/C16H14Br2FNO/c1-2-15(10-3-5-11(17)6-4-10)20-16(21)13-8-7-12(18)9-14(13)19/h3-9,15H,2H2,1H3,(H,20,21). The molecule has 0 aliphatic heterocycles. The van der Waals surface area contributed by atoms with E-state index < -0.39 is 11.7 Å². The van der Waals surface area contributed by atoms with Gasteiger partial charge in [0.15, 0.2) is 0 Å². The fraction of sp³-hybridized carbons (Fsp3) is 0.188. The van der Waals surface area contributed by atoms with E-state index in [1.54, 1.807) is 6.07 Å². The number of halogens is 3. The first kappa shape index (κ1) is 16.2. The number of rotatable bonds is 4. The van der Waals surface area contributed by atoms with E-state index in [-0.39, 0.29) is 11.6 Å². The molecule has 0 heterocycles. The minimum absolute atomic E-state index is 0.0498. The van der Waals surface area contributed by atoms with Crippen molar-refractivity contribution < 1.29 is 9.18 Å². The van der Waals surface area contributed by atoms with Crippen molar-refractivity contribution in [1.82, 2.24) is 5.32 Å². The van der Waals surface area contributed by atoms with Gasteiger partial charge >= 0.3 is 0 Å². The van der Waals surface area contributed by atoms with Gasteiger partial charge in [-0.1, -0.05) is 50.9 Å². The largest absolute Gasteiger partial charge is 0.345 e. The molecule has 0 aliphatic carbocycles. The molecule has 1 atom stereocenters. The van der Waals surface area contributed by atoms with Crippen LogP contribution in [0.4, 0.5) is 4.39 Å². The first-order valence-corrected chi connectivity index (χ1v) is 8.11. The van der Waals surface area contributed by atoms with Gasteiger partial charge in [0, 0.05) is 8.95 Å². The minimum Gasteiger partial charge on any atom is -0.345 e. The zero-order valence-corrected chi connectivity index (χ0v) is 14.5. The molecule has 1 amide bonds. The van der Waals surface area contributed by atoms with Gasteiger partial charge in [-0.3, -0.25) is 4.79 Å². The molecule has 2 rings (SSSR count). The topological polar surface area (TPSA) is 29.1 Å². The quantitative estimate of drug-likeness (QED) is 0.728. The van der Waals surface area contributed by atoms with Crippen molar-refractivity contribution in [3.8, 4) is 0 Å². The third kappa shape index (κ3) is 4.14. The monoisotopic (exact) mass is 413 g/mol. The van der Waals surface area contributed by atoms with Gasteiger partial charge < -0.3 is 5.32 Å². The highest BCUT2D eigenvalue weighted by Crippen LogP contribution is 2.21. The highest BCUT2D eigenvalue weighted by atomic mass is 79.9. The van der Waals surface area contributed by atoms with Crippen molar-refractivity contribution in [3.05, 3.63) is 68.4 Å². The van der Waals surface area contributed by atoms with Crippen LogP contribution in [-0.2, 0) is 0 Å². The fourth-order valence-electron chi connectivity index (χ4n) is 2.03. The van der Waals surface area contributed by atoms with Crippen LogP contribution >= 0.6 is 31.9 Å². The number of carbonyl (C=O) groups excluding carboxylic acids is 1. The normalized spacial score (nSPS) is 12.0. The summed E-state index contributed by atoms with van der Waals surface area (Å²) in [4.78, 5) is 12.2. The van der Waals surface area contributed by atoms with Crippen LogP contribution in [0.3, 0.4) is 0 Å². The van der Waals surface area contributed by atoms with E-state index in [2.05, 4.69) is 37.2 Å². The highest BCUT2D eigenvalue weighted by Gasteiger charge is 2.17. The summed E-state index contributed by atoms with van der Waals surface area (Å²) in [5, 5.41) is 2.87. The van der Waals surface area contributed by atoms with Crippen LogP contribution in [0.25, 0.3) is 0 Å². The zero-order valence-electron chi connectivity index (χ0n) is 11.4. The molecular formula is C16H14Br2FNO. The Bertz CT molecular complexity index is 643. The maximum absolute atomic E-state index is 13.8. The molecule has 1 unspecified atom stereocenters. The SMILES string of the molecule is CCC(NC(=O)c1ccc(Br)cc1F)c1ccc(Br)cc1.